The number of hydrogen-bond acceptors (Lipinski definition) is 1. The molecule has 0 radical (unpaired) electrons. The molecule has 5 rings (SSSR count). The molecule has 0 atom stereocenters. The van der Waals surface area contributed by atoms with E-state index in [1.165, 1.54) is 52.1 Å². The molecule has 0 saturated carbocycles. The first-order chi connectivity index (χ1) is 12.9. The van der Waals surface area contributed by atoms with Crippen LogP contribution in [0.2, 0.25) is 0 Å². The summed E-state index contributed by atoms with van der Waals surface area (Å²) in [7, 11) is 0. The van der Waals surface area contributed by atoms with Gasteiger partial charge in [-0.2, -0.15) is 0 Å². The van der Waals surface area contributed by atoms with E-state index in [0.717, 1.165) is 17.6 Å². The van der Waals surface area contributed by atoms with Gasteiger partial charge in [0.2, 0.25) is 0 Å². The third-order valence-corrected chi connectivity index (χ3v) is 5.40. The smallest absolute Gasteiger partial charge is 0.0722 e. The maximum Gasteiger partial charge on any atom is 0.0722 e. The summed E-state index contributed by atoms with van der Waals surface area (Å²) in [6.45, 7) is 0. The second-order valence-electron chi connectivity index (χ2n) is 7.08. The van der Waals surface area contributed by atoms with E-state index in [4.69, 9.17) is 4.98 Å². The molecule has 26 heavy (non-hydrogen) atoms. The summed E-state index contributed by atoms with van der Waals surface area (Å²) >= 11 is 0. The summed E-state index contributed by atoms with van der Waals surface area (Å²) in [5.74, 6) is 0. The van der Waals surface area contributed by atoms with Crippen LogP contribution >= 0.6 is 0 Å². The van der Waals surface area contributed by atoms with Crippen molar-refractivity contribution in [1.29, 1.82) is 0 Å². The molecule has 0 aliphatic heterocycles. The minimum Gasteiger partial charge on any atom is -0.248 e. The molecule has 0 amide bonds. The lowest BCUT2D eigenvalue weighted by Crippen LogP contribution is -1.97. The van der Waals surface area contributed by atoms with Gasteiger partial charge in [0.05, 0.1) is 11.2 Å². The van der Waals surface area contributed by atoms with Crippen molar-refractivity contribution in [3.8, 4) is 11.3 Å². The maximum atomic E-state index is 5.02. The Morgan fingerprint density at radius 3 is 2.46 bits per heavy atom. The molecule has 0 N–H and O–H groups in total. The highest BCUT2D eigenvalue weighted by molar-refractivity contribution is 6.11. The zero-order chi connectivity index (χ0) is 17.3. The molecule has 0 fully saturated rings. The summed E-state index contributed by atoms with van der Waals surface area (Å²) in [6.07, 6.45) is 7.37. The monoisotopic (exact) mass is 335 g/mol. The fourth-order valence-electron chi connectivity index (χ4n) is 4.10. The second-order valence-corrected chi connectivity index (χ2v) is 7.08. The standard InChI is InChI=1S/C25H21N/c1-3-9-18(10-4-1)22-17-24(20-12-5-2-6-13-20)26-23-16-15-19-11-7-8-14-21(19)25(22)23/h2,5-9,11-17H,1,3-4,10H2. The SMILES string of the molecule is C1=C(c2cc(-c3ccccc3)nc3ccc4ccccc4c23)CCCC1. The zero-order valence-corrected chi connectivity index (χ0v) is 14.8. The number of nitrogens with zero attached hydrogens (tertiary/aromatic N) is 1. The fourth-order valence-corrected chi connectivity index (χ4v) is 4.10. The Morgan fingerprint density at radius 2 is 1.62 bits per heavy atom. The van der Waals surface area contributed by atoms with Gasteiger partial charge in [-0.05, 0) is 59.7 Å². The Kier molecular flexibility index (Phi) is 3.79. The molecule has 126 valence electrons. The van der Waals surface area contributed by atoms with E-state index in [1.54, 1.807) is 0 Å². The van der Waals surface area contributed by atoms with Crippen LogP contribution in [0.3, 0.4) is 0 Å². The molecule has 3 aromatic carbocycles. The lowest BCUT2D eigenvalue weighted by atomic mass is 9.89. The van der Waals surface area contributed by atoms with Crippen molar-refractivity contribution in [2.45, 2.75) is 25.7 Å². The average molecular weight is 335 g/mol. The Hall–Kier alpha value is -2.93. The summed E-state index contributed by atoms with van der Waals surface area (Å²) in [6, 6.07) is 25.9. The van der Waals surface area contributed by atoms with E-state index >= 15 is 0 Å². The van der Waals surface area contributed by atoms with Gasteiger partial charge in [0.25, 0.3) is 0 Å². The van der Waals surface area contributed by atoms with E-state index < -0.39 is 0 Å². The number of hydrogen-bond donors (Lipinski definition) is 0. The third kappa shape index (κ3) is 2.61. The number of fused-ring (bicyclic) bond motifs is 3. The zero-order valence-electron chi connectivity index (χ0n) is 14.8. The second kappa shape index (κ2) is 6.42. The summed E-state index contributed by atoms with van der Waals surface area (Å²) in [5.41, 5.74) is 6.18. The summed E-state index contributed by atoms with van der Waals surface area (Å²) < 4.78 is 0. The van der Waals surface area contributed by atoms with Gasteiger partial charge < -0.3 is 0 Å². The highest BCUT2D eigenvalue weighted by atomic mass is 14.7. The number of benzene rings is 3. The highest BCUT2D eigenvalue weighted by Crippen LogP contribution is 2.37. The van der Waals surface area contributed by atoms with Crippen LogP contribution in [-0.2, 0) is 0 Å². The summed E-state index contributed by atoms with van der Waals surface area (Å²) in [4.78, 5) is 5.02. The third-order valence-electron chi connectivity index (χ3n) is 5.40. The molecule has 4 aromatic rings. The molecular weight excluding hydrogens is 314 g/mol. The topological polar surface area (TPSA) is 12.9 Å². The maximum absolute atomic E-state index is 5.02. The van der Waals surface area contributed by atoms with Gasteiger partial charge in [0.1, 0.15) is 0 Å². The van der Waals surface area contributed by atoms with Crippen LogP contribution in [0, 0.1) is 0 Å². The quantitative estimate of drug-likeness (QED) is 0.359. The van der Waals surface area contributed by atoms with Gasteiger partial charge >= 0.3 is 0 Å². The van der Waals surface area contributed by atoms with Crippen LogP contribution in [0.25, 0.3) is 38.5 Å². The minimum atomic E-state index is 1.06. The van der Waals surface area contributed by atoms with Crippen LogP contribution in [0.15, 0.2) is 78.9 Å². The largest absolute Gasteiger partial charge is 0.248 e. The lowest BCUT2D eigenvalue weighted by Gasteiger charge is -2.18. The Labute approximate surface area is 154 Å². The molecule has 1 heterocycles. The minimum absolute atomic E-state index is 1.06. The summed E-state index contributed by atoms with van der Waals surface area (Å²) in [5, 5.41) is 3.89. The molecule has 0 saturated heterocycles. The van der Waals surface area contributed by atoms with Gasteiger partial charge in [-0.1, -0.05) is 66.7 Å². The molecule has 0 bridgehead atoms. The Morgan fingerprint density at radius 1 is 0.769 bits per heavy atom. The number of pyridine rings is 1. The van der Waals surface area contributed by atoms with Crippen LogP contribution < -0.4 is 0 Å². The average Bonchev–Trinajstić information content (AvgIpc) is 2.74. The number of rotatable bonds is 2. The van der Waals surface area contributed by atoms with Crippen LogP contribution in [0.4, 0.5) is 0 Å². The highest BCUT2D eigenvalue weighted by Gasteiger charge is 2.15. The van der Waals surface area contributed by atoms with Crippen LogP contribution in [0.5, 0.6) is 0 Å². The van der Waals surface area contributed by atoms with Crippen molar-refractivity contribution in [2.24, 2.45) is 0 Å². The molecule has 1 aromatic heterocycles. The molecular formula is C25H21N. The van der Waals surface area contributed by atoms with Gasteiger partial charge in [-0.15, -0.1) is 0 Å². The van der Waals surface area contributed by atoms with Crippen molar-refractivity contribution < 1.29 is 0 Å². The Balaban J connectivity index is 1.86. The first kappa shape index (κ1) is 15.3. The van der Waals surface area contributed by atoms with Crippen molar-refractivity contribution in [1.82, 2.24) is 4.98 Å². The first-order valence-electron chi connectivity index (χ1n) is 9.47. The van der Waals surface area contributed by atoms with E-state index in [1.807, 2.05) is 0 Å². The van der Waals surface area contributed by atoms with Gasteiger partial charge in [0, 0.05) is 10.9 Å². The van der Waals surface area contributed by atoms with Crippen molar-refractivity contribution in [2.75, 3.05) is 0 Å². The van der Waals surface area contributed by atoms with Crippen molar-refractivity contribution in [3.63, 3.8) is 0 Å². The van der Waals surface area contributed by atoms with Gasteiger partial charge in [-0.25, -0.2) is 4.98 Å². The van der Waals surface area contributed by atoms with E-state index in [0.29, 0.717) is 0 Å². The predicted molar refractivity (Wildman–Crippen MR) is 111 cm³/mol. The van der Waals surface area contributed by atoms with E-state index in [2.05, 4.69) is 78.9 Å². The van der Waals surface area contributed by atoms with E-state index in [-0.39, 0.29) is 0 Å². The molecule has 1 heteroatoms. The van der Waals surface area contributed by atoms with Gasteiger partial charge in [0.15, 0.2) is 0 Å². The van der Waals surface area contributed by atoms with Crippen molar-refractivity contribution >= 4 is 27.2 Å². The van der Waals surface area contributed by atoms with Crippen molar-refractivity contribution in [3.05, 3.63) is 84.4 Å². The van der Waals surface area contributed by atoms with Crippen LogP contribution in [0.1, 0.15) is 31.2 Å². The first-order valence-corrected chi connectivity index (χ1v) is 9.47. The number of allylic oxidation sites excluding steroid dienone is 2. The fraction of sp³-hybridized carbons (Fsp3) is 0.160. The van der Waals surface area contributed by atoms with Gasteiger partial charge in [-0.3, -0.25) is 0 Å². The molecule has 0 unspecified atom stereocenters. The number of aromatic nitrogens is 1. The molecule has 0 spiro atoms. The van der Waals surface area contributed by atoms with Crippen LogP contribution in [-0.4, -0.2) is 4.98 Å². The van der Waals surface area contributed by atoms with E-state index in [9.17, 15) is 0 Å². The normalized spacial score (nSPS) is 14.5. The predicted octanol–water partition coefficient (Wildman–Crippen LogP) is 7.01. The Bertz CT molecular complexity index is 1120. The molecule has 1 aliphatic carbocycles. The molecule has 1 aliphatic rings. The lowest BCUT2D eigenvalue weighted by molar-refractivity contribution is 0.742. The molecule has 1 nitrogen and oxygen atoms in total.